The fourth-order valence-corrected chi connectivity index (χ4v) is 3.09. The maximum atomic E-state index is 5.77. The van der Waals surface area contributed by atoms with Crippen LogP contribution in [0.5, 0.6) is 0 Å². The normalized spacial score (nSPS) is 20.0. The molecule has 2 aliphatic heterocycles. The summed E-state index contributed by atoms with van der Waals surface area (Å²) in [5.41, 5.74) is 2.52. The molecule has 0 spiro atoms. The van der Waals surface area contributed by atoms with Crippen molar-refractivity contribution in [2.75, 3.05) is 51.4 Å². The molecule has 2 heterocycles. The Morgan fingerprint density at radius 3 is 2.73 bits per heavy atom. The minimum atomic E-state index is 0.284. The third-order valence-corrected chi connectivity index (χ3v) is 4.66. The number of anilines is 1. The van der Waals surface area contributed by atoms with E-state index in [1.807, 2.05) is 0 Å². The van der Waals surface area contributed by atoms with Crippen molar-refractivity contribution in [3.05, 3.63) is 42.0 Å². The summed E-state index contributed by atoms with van der Waals surface area (Å²) in [5.74, 6) is 0.821. The molecule has 6 heteroatoms. The van der Waals surface area contributed by atoms with E-state index in [0.717, 1.165) is 64.8 Å². The molecule has 3 rings (SSSR count). The van der Waals surface area contributed by atoms with Crippen LogP contribution < -0.4 is 15.5 Å². The number of nitrogens with one attached hydrogen (secondary N) is 2. The number of aliphatic imine (C=N–C) groups is 1. The summed E-state index contributed by atoms with van der Waals surface area (Å²) in [6, 6.07) is 8.71. The van der Waals surface area contributed by atoms with Crippen LogP contribution in [0.15, 0.2) is 41.4 Å². The lowest BCUT2D eigenvalue weighted by molar-refractivity contribution is 0.0420. The fraction of sp³-hybridized carbons (Fsp3) is 0.550. The van der Waals surface area contributed by atoms with Gasteiger partial charge >= 0.3 is 0 Å². The van der Waals surface area contributed by atoms with Crippen molar-refractivity contribution in [3.8, 4) is 0 Å². The second kappa shape index (κ2) is 10.2. The second-order valence-electron chi connectivity index (χ2n) is 6.61. The van der Waals surface area contributed by atoms with Gasteiger partial charge in [-0.05, 0) is 30.5 Å². The van der Waals surface area contributed by atoms with Gasteiger partial charge in [0.1, 0.15) is 0 Å². The molecule has 2 N–H and O–H groups in total. The number of rotatable bonds is 8. The largest absolute Gasteiger partial charge is 0.379 e. The monoisotopic (exact) mass is 358 g/mol. The molecule has 1 unspecified atom stereocenters. The van der Waals surface area contributed by atoms with Crippen LogP contribution in [0.4, 0.5) is 5.69 Å². The Hall–Kier alpha value is -2.05. The van der Waals surface area contributed by atoms with Crippen molar-refractivity contribution in [2.24, 2.45) is 4.99 Å². The third-order valence-electron chi connectivity index (χ3n) is 4.66. The van der Waals surface area contributed by atoms with E-state index in [1.165, 1.54) is 11.3 Å². The molecule has 1 atom stereocenters. The molecule has 6 nitrogen and oxygen atoms in total. The first-order valence-electron chi connectivity index (χ1n) is 9.48. The summed E-state index contributed by atoms with van der Waals surface area (Å²) in [5, 5.41) is 6.69. The number of guanidine groups is 1. The average molecular weight is 358 g/mol. The standard InChI is InChI=1S/C20H30N4O2/c1-21-20(22-10-4-13-26-19-9-14-25-16-19)23-15-17-5-7-18(8-6-17)24-11-2-3-12-24/h2-3,5-8,19H,4,9-16H2,1H3,(H2,21,22,23). The van der Waals surface area contributed by atoms with Crippen molar-refractivity contribution in [1.29, 1.82) is 0 Å². The van der Waals surface area contributed by atoms with Crippen LogP contribution in [0.3, 0.4) is 0 Å². The lowest BCUT2D eigenvalue weighted by atomic mass is 10.2. The Balaban J connectivity index is 1.31. The van der Waals surface area contributed by atoms with Crippen LogP contribution in [0.1, 0.15) is 18.4 Å². The molecule has 0 bridgehead atoms. The molecular weight excluding hydrogens is 328 g/mol. The van der Waals surface area contributed by atoms with Gasteiger partial charge in [-0.1, -0.05) is 24.3 Å². The van der Waals surface area contributed by atoms with Crippen LogP contribution in [0, 0.1) is 0 Å². The Labute approximate surface area is 156 Å². The molecular formula is C20H30N4O2. The highest BCUT2D eigenvalue weighted by Crippen LogP contribution is 2.17. The van der Waals surface area contributed by atoms with E-state index < -0.39 is 0 Å². The van der Waals surface area contributed by atoms with Gasteiger partial charge in [-0.2, -0.15) is 0 Å². The molecule has 0 amide bonds. The van der Waals surface area contributed by atoms with Gasteiger partial charge in [0.15, 0.2) is 5.96 Å². The van der Waals surface area contributed by atoms with Crippen molar-refractivity contribution in [1.82, 2.24) is 10.6 Å². The molecule has 1 aromatic carbocycles. The maximum Gasteiger partial charge on any atom is 0.191 e. The SMILES string of the molecule is CN=C(NCCCOC1CCOC1)NCc1ccc(N2CC=CC2)cc1. The van der Waals surface area contributed by atoms with Crippen molar-refractivity contribution >= 4 is 11.6 Å². The van der Waals surface area contributed by atoms with Gasteiger partial charge in [0, 0.05) is 52.1 Å². The Bertz CT molecular complexity index is 586. The first kappa shape index (κ1) is 18.7. The fourth-order valence-electron chi connectivity index (χ4n) is 3.09. The minimum absolute atomic E-state index is 0.284. The number of benzene rings is 1. The van der Waals surface area contributed by atoms with Crippen molar-refractivity contribution in [3.63, 3.8) is 0 Å². The topological polar surface area (TPSA) is 58.1 Å². The zero-order valence-electron chi connectivity index (χ0n) is 15.6. The lowest BCUT2D eigenvalue weighted by Crippen LogP contribution is -2.37. The van der Waals surface area contributed by atoms with Gasteiger partial charge in [0.25, 0.3) is 0 Å². The predicted molar refractivity (Wildman–Crippen MR) is 106 cm³/mol. The van der Waals surface area contributed by atoms with Crippen molar-refractivity contribution in [2.45, 2.75) is 25.5 Å². The van der Waals surface area contributed by atoms with Gasteiger partial charge in [-0.3, -0.25) is 4.99 Å². The van der Waals surface area contributed by atoms with E-state index in [-0.39, 0.29) is 6.10 Å². The van der Waals surface area contributed by atoms with E-state index in [2.05, 4.69) is 56.9 Å². The van der Waals surface area contributed by atoms with Gasteiger partial charge < -0.3 is 25.0 Å². The Morgan fingerprint density at radius 2 is 2.04 bits per heavy atom. The highest BCUT2D eigenvalue weighted by molar-refractivity contribution is 5.79. The van der Waals surface area contributed by atoms with E-state index >= 15 is 0 Å². The number of ether oxygens (including phenoxy) is 2. The third kappa shape index (κ3) is 5.75. The summed E-state index contributed by atoms with van der Waals surface area (Å²) >= 11 is 0. The summed E-state index contributed by atoms with van der Waals surface area (Å²) in [7, 11) is 1.80. The van der Waals surface area contributed by atoms with Crippen molar-refractivity contribution < 1.29 is 9.47 Å². The van der Waals surface area contributed by atoms with Crippen LogP contribution in [0.2, 0.25) is 0 Å². The summed E-state index contributed by atoms with van der Waals surface area (Å²) < 4.78 is 11.1. The smallest absolute Gasteiger partial charge is 0.191 e. The quantitative estimate of drug-likeness (QED) is 0.322. The van der Waals surface area contributed by atoms with Gasteiger partial charge in [-0.25, -0.2) is 0 Å². The van der Waals surface area contributed by atoms with Crippen LogP contribution >= 0.6 is 0 Å². The lowest BCUT2D eigenvalue weighted by Gasteiger charge is -2.18. The second-order valence-corrected chi connectivity index (χ2v) is 6.61. The molecule has 1 aromatic rings. The van der Waals surface area contributed by atoms with Crippen LogP contribution in [0.25, 0.3) is 0 Å². The maximum absolute atomic E-state index is 5.77. The van der Waals surface area contributed by atoms with Crippen LogP contribution in [-0.4, -0.2) is 58.6 Å². The molecule has 1 saturated heterocycles. The number of hydrogen-bond donors (Lipinski definition) is 2. The van der Waals surface area contributed by atoms with E-state index in [4.69, 9.17) is 9.47 Å². The molecule has 0 aromatic heterocycles. The first-order valence-corrected chi connectivity index (χ1v) is 9.48. The molecule has 0 radical (unpaired) electrons. The number of nitrogens with zero attached hydrogens (tertiary/aromatic N) is 2. The van der Waals surface area contributed by atoms with Gasteiger partial charge in [-0.15, -0.1) is 0 Å². The Morgan fingerprint density at radius 1 is 1.23 bits per heavy atom. The Kier molecular flexibility index (Phi) is 7.34. The van der Waals surface area contributed by atoms with Gasteiger partial charge in [0.2, 0.25) is 0 Å². The predicted octanol–water partition coefficient (Wildman–Crippen LogP) is 1.92. The molecule has 0 saturated carbocycles. The minimum Gasteiger partial charge on any atom is -0.379 e. The molecule has 142 valence electrons. The van der Waals surface area contributed by atoms with Crippen LogP contribution in [-0.2, 0) is 16.0 Å². The van der Waals surface area contributed by atoms with E-state index in [0.29, 0.717) is 0 Å². The average Bonchev–Trinajstić information content (AvgIpc) is 3.38. The van der Waals surface area contributed by atoms with E-state index in [1.54, 1.807) is 7.05 Å². The molecule has 2 aliphatic rings. The number of hydrogen-bond acceptors (Lipinski definition) is 4. The zero-order chi connectivity index (χ0) is 18.0. The summed E-state index contributed by atoms with van der Waals surface area (Å²) in [4.78, 5) is 6.62. The summed E-state index contributed by atoms with van der Waals surface area (Å²) in [6.07, 6.45) is 6.67. The zero-order valence-corrected chi connectivity index (χ0v) is 15.6. The highest BCUT2D eigenvalue weighted by atomic mass is 16.5. The first-order chi connectivity index (χ1) is 12.8. The molecule has 1 fully saturated rings. The highest BCUT2D eigenvalue weighted by Gasteiger charge is 2.15. The van der Waals surface area contributed by atoms with E-state index in [9.17, 15) is 0 Å². The molecule has 0 aliphatic carbocycles. The summed E-state index contributed by atoms with van der Waals surface area (Å²) in [6.45, 7) is 5.93. The molecule has 26 heavy (non-hydrogen) atoms. The van der Waals surface area contributed by atoms with Gasteiger partial charge in [0.05, 0.1) is 12.7 Å².